The van der Waals surface area contributed by atoms with Crippen LogP contribution in [-0.4, -0.2) is 78.1 Å². The molecule has 0 radical (unpaired) electrons. The molecular formula is C21H29FN4O3. The van der Waals surface area contributed by atoms with Gasteiger partial charge in [-0.1, -0.05) is 0 Å². The lowest BCUT2D eigenvalue weighted by molar-refractivity contribution is -0.138. The number of amides is 2. The summed E-state index contributed by atoms with van der Waals surface area (Å²) in [5, 5.41) is 3.15. The number of ether oxygens (including phenoxy) is 1. The van der Waals surface area contributed by atoms with Gasteiger partial charge in [0.1, 0.15) is 11.9 Å². The third-order valence-corrected chi connectivity index (χ3v) is 6.38. The van der Waals surface area contributed by atoms with Gasteiger partial charge in [-0.15, -0.1) is 0 Å². The quantitative estimate of drug-likeness (QED) is 0.810. The second-order valence-corrected chi connectivity index (χ2v) is 8.52. The van der Waals surface area contributed by atoms with Crippen molar-refractivity contribution in [1.29, 1.82) is 0 Å². The van der Waals surface area contributed by atoms with E-state index in [0.717, 1.165) is 45.0 Å². The number of hydrogen-bond acceptors (Lipinski definition) is 5. The zero-order valence-corrected chi connectivity index (χ0v) is 16.8. The average molecular weight is 404 g/mol. The lowest BCUT2D eigenvalue weighted by Gasteiger charge is -2.34. The van der Waals surface area contributed by atoms with Crippen molar-refractivity contribution in [2.24, 2.45) is 5.92 Å². The van der Waals surface area contributed by atoms with E-state index in [-0.39, 0.29) is 30.4 Å². The first-order valence-corrected chi connectivity index (χ1v) is 10.5. The molecule has 7 nitrogen and oxygen atoms in total. The van der Waals surface area contributed by atoms with Crippen molar-refractivity contribution in [3.63, 3.8) is 0 Å². The minimum absolute atomic E-state index is 0.0117. The van der Waals surface area contributed by atoms with Crippen LogP contribution < -0.4 is 5.32 Å². The van der Waals surface area contributed by atoms with Crippen LogP contribution in [0.1, 0.15) is 31.4 Å². The maximum Gasteiger partial charge on any atom is 0.249 e. The summed E-state index contributed by atoms with van der Waals surface area (Å²) in [6, 6.07) is 3.08. The van der Waals surface area contributed by atoms with Crippen molar-refractivity contribution in [3.05, 3.63) is 29.8 Å². The number of aromatic nitrogens is 1. The third kappa shape index (κ3) is 4.93. The van der Waals surface area contributed by atoms with E-state index in [1.54, 1.807) is 4.90 Å². The predicted molar refractivity (Wildman–Crippen MR) is 105 cm³/mol. The van der Waals surface area contributed by atoms with Gasteiger partial charge in [0.05, 0.1) is 18.7 Å². The van der Waals surface area contributed by atoms with E-state index in [0.29, 0.717) is 24.7 Å². The molecular weight excluding hydrogens is 375 g/mol. The number of hydrogen-bond donors (Lipinski definition) is 1. The van der Waals surface area contributed by atoms with Crippen LogP contribution in [0.5, 0.6) is 0 Å². The van der Waals surface area contributed by atoms with Crippen LogP contribution in [0.2, 0.25) is 0 Å². The SMILES string of the molecule is CN1CCC(NC(=O)[C@@H]2C[C@@H]3CCN(C(=O)Cc4ccc(F)cn4)C[C@H]3O2)CC1. The fraction of sp³-hybridized carbons (Fsp3) is 0.667. The monoisotopic (exact) mass is 404 g/mol. The van der Waals surface area contributed by atoms with Crippen molar-refractivity contribution in [1.82, 2.24) is 20.1 Å². The molecule has 1 aromatic heterocycles. The third-order valence-electron chi connectivity index (χ3n) is 6.38. The lowest BCUT2D eigenvalue weighted by Crippen LogP contribution is -2.47. The zero-order chi connectivity index (χ0) is 20.4. The molecule has 3 aliphatic rings. The standard InChI is InChI=1S/C21H29FN4O3/c1-25-7-5-16(6-8-25)24-21(28)18-10-14-4-9-26(13-19(14)29-18)20(27)11-17-3-2-15(22)12-23-17/h2-3,12,14,16,18-19H,4-11,13H2,1H3,(H,24,28)/t14-,18-,19+/m0/s1. The fourth-order valence-electron chi connectivity index (χ4n) is 4.55. The average Bonchev–Trinajstić information content (AvgIpc) is 3.15. The van der Waals surface area contributed by atoms with Crippen molar-refractivity contribution in [2.45, 2.75) is 50.4 Å². The molecule has 8 heteroatoms. The Bertz CT molecular complexity index is 736. The van der Waals surface area contributed by atoms with E-state index in [4.69, 9.17) is 4.74 Å². The number of carbonyl (C=O) groups is 2. The predicted octanol–water partition coefficient (Wildman–Crippen LogP) is 0.980. The molecule has 3 saturated heterocycles. The molecule has 3 aliphatic heterocycles. The molecule has 1 aromatic rings. The number of piperidine rings is 2. The first-order chi connectivity index (χ1) is 14.0. The number of nitrogens with zero attached hydrogens (tertiary/aromatic N) is 3. The van der Waals surface area contributed by atoms with Gasteiger partial charge in [-0.25, -0.2) is 4.39 Å². The summed E-state index contributed by atoms with van der Waals surface area (Å²) in [5.74, 6) is -0.144. The van der Waals surface area contributed by atoms with E-state index >= 15 is 0 Å². The van der Waals surface area contributed by atoms with Crippen molar-refractivity contribution in [3.8, 4) is 0 Å². The van der Waals surface area contributed by atoms with E-state index in [1.807, 2.05) is 0 Å². The van der Waals surface area contributed by atoms with Gasteiger partial charge in [0.2, 0.25) is 11.8 Å². The van der Waals surface area contributed by atoms with Crippen LogP contribution in [0, 0.1) is 11.7 Å². The minimum atomic E-state index is -0.418. The maximum atomic E-state index is 13.0. The van der Waals surface area contributed by atoms with Crippen LogP contribution >= 0.6 is 0 Å². The minimum Gasteiger partial charge on any atom is -0.363 e. The molecule has 2 amide bonds. The second-order valence-electron chi connectivity index (χ2n) is 8.52. The molecule has 0 bridgehead atoms. The number of fused-ring (bicyclic) bond motifs is 1. The highest BCUT2D eigenvalue weighted by molar-refractivity contribution is 5.81. The Kier molecular flexibility index (Phi) is 6.10. The lowest BCUT2D eigenvalue weighted by atomic mass is 9.91. The van der Waals surface area contributed by atoms with Gasteiger partial charge in [-0.2, -0.15) is 0 Å². The molecule has 3 atom stereocenters. The van der Waals surface area contributed by atoms with Gasteiger partial charge in [-0.05, 0) is 63.9 Å². The van der Waals surface area contributed by atoms with Gasteiger partial charge in [0.15, 0.2) is 0 Å². The summed E-state index contributed by atoms with van der Waals surface area (Å²) < 4.78 is 19.0. The van der Waals surface area contributed by atoms with Gasteiger partial charge in [0, 0.05) is 24.8 Å². The highest BCUT2D eigenvalue weighted by atomic mass is 19.1. The number of rotatable bonds is 4. The summed E-state index contributed by atoms with van der Waals surface area (Å²) in [6.07, 6.45) is 4.28. The normalized spacial score (nSPS) is 28.2. The summed E-state index contributed by atoms with van der Waals surface area (Å²) in [4.78, 5) is 33.3. The smallest absolute Gasteiger partial charge is 0.249 e. The van der Waals surface area contributed by atoms with E-state index in [1.165, 1.54) is 12.1 Å². The van der Waals surface area contributed by atoms with Gasteiger partial charge in [0.25, 0.3) is 0 Å². The van der Waals surface area contributed by atoms with Crippen LogP contribution in [0.25, 0.3) is 0 Å². The first-order valence-electron chi connectivity index (χ1n) is 10.5. The van der Waals surface area contributed by atoms with E-state index in [9.17, 15) is 14.0 Å². The number of carbonyl (C=O) groups excluding carboxylic acids is 2. The largest absolute Gasteiger partial charge is 0.363 e. The summed E-state index contributed by atoms with van der Waals surface area (Å²) in [7, 11) is 2.10. The molecule has 3 fully saturated rings. The molecule has 0 spiro atoms. The molecule has 0 aliphatic carbocycles. The van der Waals surface area contributed by atoms with Crippen LogP contribution in [0.15, 0.2) is 18.3 Å². The fourth-order valence-corrected chi connectivity index (χ4v) is 4.55. The topological polar surface area (TPSA) is 74.8 Å². The highest BCUT2D eigenvalue weighted by Crippen LogP contribution is 2.33. The van der Waals surface area contributed by atoms with Crippen LogP contribution in [0.4, 0.5) is 4.39 Å². The van der Waals surface area contributed by atoms with E-state index in [2.05, 4.69) is 22.2 Å². The second kappa shape index (κ2) is 8.75. The highest BCUT2D eigenvalue weighted by Gasteiger charge is 2.43. The Balaban J connectivity index is 1.27. The Hall–Kier alpha value is -2.06. The summed E-state index contributed by atoms with van der Waals surface area (Å²) >= 11 is 0. The molecule has 158 valence electrons. The van der Waals surface area contributed by atoms with Crippen molar-refractivity contribution >= 4 is 11.8 Å². The molecule has 0 unspecified atom stereocenters. The summed E-state index contributed by atoms with van der Waals surface area (Å²) in [5.41, 5.74) is 0.557. The van der Waals surface area contributed by atoms with Crippen LogP contribution in [0.3, 0.4) is 0 Å². The number of pyridine rings is 1. The number of likely N-dealkylation sites (tertiary alicyclic amines) is 2. The Morgan fingerprint density at radius 2 is 2.03 bits per heavy atom. The Morgan fingerprint density at radius 3 is 2.76 bits per heavy atom. The molecule has 1 N–H and O–H groups in total. The Morgan fingerprint density at radius 1 is 1.24 bits per heavy atom. The molecule has 0 saturated carbocycles. The Labute approximate surface area is 170 Å². The molecule has 29 heavy (non-hydrogen) atoms. The van der Waals surface area contributed by atoms with Crippen molar-refractivity contribution in [2.75, 3.05) is 33.2 Å². The van der Waals surface area contributed by atoms with Gasteiger partial charge < -0.3 is 19.9 Å². The number of nitrogens with one attached hydrogen (secondary N) is 1. The van der Waals surface area contributed by atoms with Gasteiger partial charge >= 0.3 is 0 Å². The van der Waals surface area contributed by atoms with Gasteiger partial charge in [-0.3, -0.25) is 14.6 Å². The first kappa shape index (κ1) is 20.2. The number of halogens is 1. The zero-order valence-electron chi connectivity index (χ0n) is 16.8. The molecule has 0 aromatic carbocycles. The van der Waals surface area contributed by atoms with Crippen LogP contribution in [-0.2, 0) is 20.7 Å². The van der Waals surface area contributed by atoms with E-state index < -0.39 is 11.9 Å². The maximum absolute atomic E-state index is 13.0. The van der Waals surface area contributed by atoms with Crippen molar-refractivity contribution < 1.29 is 18.7 Å². The summed E-state index contributed by atoms with van der Waals surface area (Å²) in [6.45, 7) is 3.17. The molecule has 4 heterocycles. The molecule has 4 rings (SSSR count).